The predicted molar refractivity (Wildman–Crippen MR) is 89.7 cm³/mol. The molecule has 0 bridgehead atoms. The van der Waals surface area contributed by atoms with Gasteiger partial charge < -0.3 is 19.1 Å². The van der Waals surface area contributed by atoms with E-state index in [2.05, 4.69) is 20.4 Å². The third-order valence-corrected chi connectivity index (χ3v) is 3.89. The molecule has 0 saturated carbocycles. The highest BCUT2D eigenvalue weighted by molar-refractivity contribution is 5.96. The van der Waals surface area contributed by atoms with Gasteiger partial charge in [0, 0.05) is 19.9 Å². The van der Waals surface area contributed by atoms with Gasteiger partial charge in [0.2, 0.25) is 11.7 Å². The van der Waals surface area contributed by atoms with Gasteiger partial charge in [-0.2, -0.15) is 4.80 Å². The van der Waals surface area contributed by atoms with Crippen LogP contribution in [0.2, 0.25) is 0 Å². The van der Waals surface area contributed by atoms with Crippen LogP contribution in [0.1, 0.15) is 29.2 Å². The van der Waals surface area contributed by atoms with Crippen molar-refractivity contribution in [2.75, 3.05) is 40.0 Å². The first-order chi connectivity index (χ1) is 12.7. The van der Waals surface area contributed by atoms with Crippen LogP contribution >= 0.6 is 0 Å². The summed E-state index contributed by atoms with van der Waals surface area (Å²) in [6.45, 7) is 4.51. The molecule has 0 N–H and O–H groups in total. The molecule has 0 aromatic carbocycles. The summed E-state index contributed by atoms with van der Waals surface area (Å²) < 4.78 is 16.2. The molecule has 140 valence electrons. The molecule has 1 unspecified atom stereocenters. The third-order valence-electron chi connectivity index (χ3n) is 3.89. The summed E-state index contributed by atoms with van der Waals surface area (Å²) in [5, 5.41) is 12.3. The van der Waals surface area contributed by atoms with E-state index in [0.29, 0.717) is 56.7 Å². The second-order valence-electron chi connectivity index (χ2n) is 5.64. The Morgan fingerprint density at radius 1 is 1.46 bits per heavy atom. The number of aromatic nitrogens is 5. The molecule has 10 nitrogen and oxygen atoms in total. The molecule has 10 heteroatoms. The zero-order chi connectivity index (χ0) is 18.4. The van der Waals surface area contributed by atoms with Crippen LogP contribution in [-0.2, 0) is 16.0 Å². The number of amides is 1. The van der Waals surface area contributed by atoms with Crippen molar-refractivity contribution >= 4 is 5.91 Å². The molecule has 1 aliphatic rings. The van der Waals surface area contributed by atoms with Gasteiger partial charge in [0.25, 0.3) is 5.91 Å². The van der Waals surface area contributed by atoms with Crippen molar-refractivity contribution in [1.82, 2.24) is 30.1 Å². The lowest BCUT2D eigenvalue weighted by atomic mass is 10.2. The van der Waals surface area contributed by atoms with Gasteiger partial charge in [-0.3, -0.25) is 4.79 Å². The minimum absolute atomic E-state index is 0.151. The number of morpholine rings is 1. The summed E-state index contributed by atoms with van der Waals surface area (Å²) in [5.41, 5.74) is 0.437. The van der Waals surface area contributed by atoms with E-state index in [9.17, 15) is 4.79 Å². The van der Waals surface area contributed by atoms with Gasteiger partial charge in [-0.15, -0.1) is 10.2 Å². The Hall–Kier alpha value is -2.59. The van der Waals surface area contributed by atoms with Gasteiger partial charge in [0.05, 0.1) is 32.9 Å². The molecular weight excluding hydrogens is 340 g/mol. The van der Waals surface area contributed by atoms with Gasteiger partial charge >= 0.3 is 0 Å². The highest BCUT2D eigenvalue weighted by Crippen LogP contribution is 2.23. The molecule has 0 spiro atoms. The maximum absolute atomic E-state index is 12.9. The number of pyridine rings is 1. The van der Waals surface area contributed by atoms with Gasteiger partial charge in [-0.1, -0.05) is 0 Å². The lowest BCUT2D eigenvalue weighted by molar-refractivity contribution is -0.0271. The summed E-state index contributed by atoms with van der Waals surface area (Å²) in [5.74, 6) is 0.642. The van der Waals surface area contributed by atoms with E-state index >= 15 is 0 Å². The zero-order valence-corrected chi connectivity index (χ0v) is 14.9. The molecule has 2 aromatic rings. The molecule has 1 aliphatic heterocycles. The van der Waals surface area contributed by atoms with Crippen molar-refractivity contribution in [2.45, 2.75) is 19.6 Å². The number of hydrogen-bond donors (Lipinski definition) is 0. The predicted octanol–water partition coefficient (Wildman–Crippen LogP) is 0.327. The maximum atomic E-state index is 12.9. The Morgan fingerprint density at radius 3 is 3.15 bits per heavy atom. The lowest BCUT2D eigenvalue weighted by Crippen LogP contribution is -2.42. The molecule has 3 heterocycles. The Bertz CT molecular complexity index is 737. The Morgan fingerprint density at radius 2 is 2.35 bits per heavy atom. The number of methoxy groups -OCH3 is 1. The molecular formula is C16H22N6O4. The minimum atomic E-state index is -0.420. The second kappa shape index (κ2) is 8.68. The van der Waals surface area contributed by atoms with Crippen LogP contribution < -0.4 is 4.74 Å². The largest absolute Gasteiger partial charge is 0.477 e. The monoisotopic (exact) mass is 362 g/mol. The van der Waals surface area contributed by atoms with Crippen molar-refractivity contribution in [2.24, 2.45) is 0 Å². The van der Waals surface area contributed by atoms with E-state index in [4.69, 9.17) is 14.2 Å². The van der Waals surface area contributed by atoms with Crippen LogP contribution in [0.15, 0.2) is 18.3 Å². The average Bonchev–Trinajstić information content (AvgIpc) is 3.16. The fourth-order valence-corrected chi connectivity index (χ4v) is 2.62. The van der Waals surface area contributed by atoms with Gasteiger partial charge in [-0.25, -0.2) is 4.98 Å². The molecule has 2 aromatic heterocycles. The highest BCUT2D eigenvalue weighted by atomic mass is 16.5. The first-order valence-corrected chi connectivity index (χ1v) is 8.48. The van der Waals surface area contributed by atoms with Crippen molar-refractivity contribution in [3.8, 4) is 5.88 Å². The first-order valence-electron chi connectivity index (χ1n) is 8.48. The van der Waals surface area contributed by atoms with Crippen LogP contribution in [-0.4, -0.2) is 76.0 Å². The number of carbonyl (C=O) groups excluding carboxylic acids is 1. The highest BCUT2D eigenvalue weighted by Gasteiger charge is 2.30. The smallest absolute Gasteiger partial charge is 0.259 e. The van der Waals surface area contributed by atoms with Gasteiger partial charge in [-0.05, 0) is 24.3 Å². The Balaban J connectivity index is 1.70. The van der Waals surface area contributed by atoms with E-state index in [1.54, 1.807) is 30.3 Å². The van der Waals surface area contributed by atoms with Gasteiger partial charge in [0.1, 0.15) is 11.7 Å². The third kappa shape index (κ3) is 4.14. The van der Waals surface area contributed by atoms with E-state index < -0.39 is 6.10 Å². The van der Waals surface area contributed by atoms with Crippen LogP contribution in [0.3, 0.4) is 0 Å². The fraction of sp³-hybridized carbons (Fsp3) is 0.562. The number of tetrazole rings is 1. The standard InChI is InChI=1S/C16H22N6O4/c1-3-25-15-12(5-4-6-17-15)16(23)21-7-10-26-13(11-21)14-18-20-22(19-14)8-9-24-2/h4-6,13H,3,7-11H2,1-2H3. The lowest BCUT2D eigenvalue weighted by Gasteiger charge is -2.31. The fourth-order valence-electron chi connectivity index (χ4n) is 2.62. The Kier molecular flexibility index (Phi) is 6.08. The molecule has 3 rings (SSSR count). The topological polar surface area (TPSA) is 104 Å². The van der Waals surface area contributed by atoms with Crippen molar-refractivity contribution < 1.29 is 19.0 Å². The van der Waals surface area contributed by atoms with Crippen LogP contribution in [0, 0.1) is 0 Å². The normalized spacial score (nSPS) is 17.3. The van der Waals surface area contributed by atoms with Crippen molar-refractivity contribution in [3.63, 3.8) is 0 Å². The second-order valence-corrected chi connectivity index (χ2v) is 5.64. The molecule has 1 fully saturated rings. The quantitative estimate of drug-likeness (QED) is 0.694. The summed E-state index contributed by atoms with van der Waals surface area (Å²) in [4.78, 5) is 20.2. The first kappa shape index (κ1) is 18.2. The van der Waals surface area contributed by atoms with E-state index in [0.717, 1.165) is 0 Å². The van der Waals surface area contributed by atoms with Crippen molar-refractivity contribution in [1.29, 1.82) is 0 Å². The molecule has 0 radical (unpaired) electrons. The van der Waals surface area contributed by atoms with Crippen LogP contribution in [0.25, 0.3) is 0 Å². The van der Waals surface area contributed by atoms with Crippen LogP contribution in [0.4, 0.5) is 0 Å². The van der Waals surface area contributed by atoms with Crippen molar-refractivity contribution in [3.05, 3.63) is 29.7 Å². The number of ether oxygens (including phenoxy) is 3. The van der Waals surface area contributed by atoms with Gasteiger partial charge in [0.15, 0.2) is 0 Å². The molecule has 1 amide bonds. The molecule has 26 heavy (non-hydrogen) atoms. The number of nitrogens with zero attached hydrogens (tertiary/aromatic N) is 6. The Labute approximate surface area is 151 Å². The molecule has 0 aliphatic carbocycles. The zero-order valence-electron chi connectivity index (χ0n) is 14.9. The summed E-state index contributed by atoms with van der Waals surface area (Å²) in [6.07, 6.45) is 1.18. The van der Waals surface area contributed by atoms with E-state index in [-0.39, 0.29) is 5.91 Å². The number of hydrogen-bond acceptors (Lipinski definition) is 8. The summed E-state index contributed by atoms with van der Waals surface area (Å²) >= 11 is 0. The molecule has 1 atom stereocenters. The van der Waals surface area contributed by atoms with E-state index in [1.165, 1.54) is 4.80 Å². The SMILES string of the molecule is CCOc1ncccc1C(=O)N1CCOC(c2nnn(CCOC)n2)C1. The maximum Gasteiger partial charge on any atom is 0.259 e. The summed E-state index contributed by atoms with van der Waals surface area (Å²) in [6, 6.07) is 3.43. The summed E-state index contributed by atoms with van der Waals surface area (Å²) in [7, 11) is 1.61. The van der Waals surface area contributed by atoms with E-state index in [1.807, 2.05) is 6.92 Å². The average molecular weight is 362 g/mol. The number of carbonyl (C=O) groups is 1. The minimum Gasteiger partial charge on any atom is -0.477 e. The van der Waals surface area contributed by atoms with Crippen LogP contribution in [0.5, 0.6) is 5.88 Å². The molecule has 1 saturated heterocycles. The number of rotatable bonds is 7.